The molecule has 218 valence electrons. The fourth-order valence-electron chi connectivity index (χ4n) is 4.00. The maximum atomic E-state index is 13.1. The predicted octanol–water partition coefficient (Wildman–Crippen LogP) is 4.88. The zero-order chi connectivity index (χ0) is 29.7. The second-order valence-corrected chi connectivity index (χ2v) is 11.8. The van der Waals surface area contributed by atoms with E-state index in [1.807, 2.05) is 26.8 Å². The normalized spacial score (nSPS) is 14.9. The number of nitrogens with one attached hydrogen (secondary N) is 3. The summed E-state index contributed by atoms with van der Waals surface area (Å²) in [5.74, 6) is -0.888. The molecule has 0 saturated carbocycles. The lowest BCUT2D eigenvalue weighted by atomic mass is 9.97. The zero-order valence-corrected chi connectivity index (χ0v) is 23.6. The molecule has 11 heteroatoms. The van der Waals surface area contributed by atoms with Crippen molar-refractivity contribution < 1.29 is 27.6 Å². The van der Waals surface area contributed by atoms with Crippen LogP contribution in [0, 0.1) is 5.41 Å². The highest BCUT2D eigenvalue weighted by Crippen LogP contribution is 2.29. The van der Waals surface area contributed by atoms with Crippen LogP contribution in [0.5, 0.6) is 0 Å². The van der Waals surface area contributed by atoms with Crippen LogP contribution in [0.2, 0.25) is 0 Å². The number of rotatable bonds is 7. The van der Waals surface area contributed by atoms with Gasteiger partial charge < -0.3 is 20.9 Å². The van der Waals surface area contributed by atoms with Gasteiger partial charge in [-0.15, -0.1) is 0 Å². The van der Waals surface area contributed by atoms with E-state index in [1.54, 1.807) is 41.3 Å². The van der Waals surface area contributed by atoms with Crippen LogP contribution < -0.4 is 16.0 Å². The van der Waals surface area contributed by atoms with E-state index in [9.17, 15) is 27.6 Å². The Morgan fingerprint density at radius 1 is 0.850 bits per heavy atom. The Morgan fingerprint density at radius 2 is 1.48 bits per heavy atom. The number of amides is 4. The van der Waals surface area contributed by atoms with Crippen molar-refractivity contribution in [1.29, 1.82) is 0 Å². The number of carbonyl (C=O) groups is 3. The highest BCUT2D eigenvalue weighted by molar-refractivity contribution is 5.96. The summed E-state index contributed by atoms with van der Waals surface area (Å²) >= 11 is 0. The minimum Gasteiger partial charge on any atom is -0.338 e. The van der Waals surface area contributed by atoms with Gasteiger partial charge in [0.05, 0.1) is 0 Å². The fraction of sp³-hybridized carbons (Fsp3) is 0.483. The van der Waals surface area contributed by atoms with Gasteiger partial charge >= 0.3 is 12.2 Å². The van der Waals surface area contributed by atoms with Crippen molar-refractivity contribution in [3.8, 4) is 0 Å². The molecule has 3 N–H and O–H groups in total. The molecule has 2 aromatic rings. The third-order valence-corrected chi connectivity index (χ3v) is 6.56. The minimum absolute atomic E-state index is 0.0325. The Morgan fingerprint density at radius 3 is 2.05 bits per heavy atom. The third kappa shape index (κ3) is 8.70. The summed E-state index contributed by atoms with van der Waals surface area (Å²) < 4.78 is 39.4. The molecule has 1 fully saturated rings. The molecule has 0 atom stereocenters. The number of piperazine rings is 1. The van der Waals surface area contributed by atoms with Crippen molar-refractivity contribution in [2.24, 2.45) is 5.41 Å². The molecular weight excluding hydrogens is 523 g/mol. The number of hydrogen-bond donors (Lipinski definition) is 3. The summed E-state index contributed by atoms with van der Waals surface area (Å²) in [4.78, 5) is 41.4. The molecule has 0 spiro atoms. The van der Waals surface area contributed by atoms with E-state index >= 15 is 0 Å². The monoisotopic (exact) mass is 561 g/mol. The molecule has 0 radical (unpaired) electrons. The molecule has 8 nitrogen and oxygen atoms in total. The van der Waals surface area contributed by atoms with Gasteiger partial charge in [-0.25, -0.2) is 4.79 Å². The average Bonchev–Trinajstić information content (AvgIpc) is 2.87. The lowest BCUT2D eigenvalue weighted by Gasteiger charge is -2.35. The first-order chi connectivity index (χ1) is 18.5. The largest absolute Gasteiger partial charge is 0.410 e. The van der Waals surface area contributed by atoms with Crippen LogP contribution in [-0.4, -0.2) is 72.1 Å². The second kappa shape index (κ2) is 12.3. The van der Waals surface area contributed by atoms with Crippen molar-refractivity contribution in [3.63, 3.8) is 0 Å². The molecule has 2 aromatic carbocycles. The molecule has 1 aliphatic heterocycles. The van der Waals surface area contributed by atoms with E-state index in [0.29, 0.717) is 50.5 Å². The Bertz CT molecular complexity index is 1200. The van der Waals surface area contributed by atoms with Gasteiger partial charge in [-0.05, 0) is 61.2 Å². The molecule has 1 aliphatic rings. The van der Waals surface area contributed by atoms with E-state index in [0.717, 1.165) is 19.4 Å². The van der Waals surface area contributed by atoms with Crippen LogP contribution in [0.25, 0.3) is 0 Å². The van der Waals surface area contributed by atoms with E-state index in [2.05, 4.69) is 20.9 Å². The molecule has 40 heavy (non-hydrogen) atoms. The van der Waals surface area contributed by atoms with Gasteiger partial charge in [-0.2, -0.15) is 13.2 Å². The Labute approximate surface area is 233 Å². The van der Waals surface area contributed by atoms with Crippen molar-refractivity contribution in [1.82, 2.24) is 20.4 Å². The van der Waals surface area contributed by atoms with Gasteiger partial charge in [0.15, 0.2) is 0 Å². The van der Waals surface area contributed by atoms with Crippen LogP contribution in [0.1, 0.15) is 60.9 Å². The SMILES string of the molecule is CC(C)(C)CNC(=O)Nc1ccc(C(=O)N2CCN(Cc3cccc(C(=O)NC(C)(C)C(F)(F)F)c3)CC2)cc1. The highest BCUT2D eigenvalue weighted by Gasteiger charge is 2.48. The number of benzene rings is 2. The van der Waals surface area contributed by atoms with E-state index in [4.69, 9.17) is 0 Å². The van der Waals surface area contributed by atoms with Crippen LogP contribution in [0.15, 0.2) is 48.5 Å². The van der Waals surface area contributed by atoms with Crippen LogP contribution >= 0.6 is 0 Å². The summed E-state index contributed by atoms with van der Waals surface area (Å²) in [7, 11) is 0. The summed E-state index contributed by atoms with van der Waals surface area (Å²) in [6.45, 7) is 11.2. The molecule has 4 amide bonds. The first kappa shape index (κ1) is 30.9. The average molecular weight is 562 g/mol. The van der Waals surface area contributed by atoms with E-state index in [-0.39, 0.29) is 22.9 Å². The van der Waals surface area contributed by atoms with Crippen molar-refractivity contribution >= 4 is 23.5 Å². The molecule has 0 aliphatic carbocycles. The summed E-state index contributed by atoms with van der Waals surface area (Å²) in [6, 6.07) is 13.0. The highest BCUT2D eigenvalue weighted by atomic mass is 19.4. The van der Waals surface area contributed by atoms with Gasteiger partial charge in [-0.1, -0.05) is 32.9 Å². The van der Waals surface area contributed by atoms with Crippen molar-refractivity contribution in [2.75, 3.05) is 38.0 Å². The number of anilines is 1. The lowest BCUT2D eigenvalue weighted by molar-refractivity contribution is -0.182. The quantitative estimate of drug-likeness (QED) is 0.449. The van der Waals surface area contributed by atoms with Gasteiger partial charge in [0.25, 0.3) is 11.8 Å². The number of nitrogens with zero attached hydrogens (tertiary/aromatic N) is 2. The van der Waals surface area contributed by atoms with Gasteiger partial charge in [-0.3, -0.25) is 14.5 Å². The minimum atomic E-state index is -4.57. The maximum absolute atomic E-state index is 13.1. The van der Waals surface area contributed by atoms with Gasteiger partial charge in [0.1, 0.15) is 5.54 Å². The number of alkyl halides is 3. The first-order valence-corrected chi connectivity index (χ1v) is 13.2. The van der Waals surface area contributed by atoms with Crippen LogP contribution in [0.3, 0.4) is 0 Å². The first-order valence-electron chi connectivity index (χ1n) is 13.2. The maximum Gasteiger partial charge on any atom is 0.410 e. The van der Waals surface area contributed by atoms with Gasteiger partial charge in [0, 0.05) is 56.1 Å². The fourth-order valence-corrected chi connectivity index (χ4v) is 4.00. The van der Waals surface area contributed by atoms with Crippen molar-refractivity contribution in [3.05, 3.63) is 65.2 Å². The molecule has 3 rings (SSSR count). The lowest BCUT2D eigenvalue weighted by Crippen LogP contribution is -2.54. The summed E-state index contributed by atoms with van der Waals surface area (Å²) in [6.07, 6.45) is -4.57. The number of urea groups is 1. The Kier molecular flexibility index (Phi) is 9.50. The van der Waals surface area contributed by atoms with E-state index in [1.165, 1.54) is 6.07 Å². The smallest absolute Gasteiger partial charge is 0.338 e. The molecule has 1 saturated heterocycles. The predicted molar refractivity (Wildman–Crippen MR) is 148 cm³/mol. The molecule has 1 heterocycles. The molecular formula is C29H38F3N5O3. The van der Waals surface area contributed by atoms with Crippen LogP contribution in [0.4, 0.5) is 23.7 Å². The molecule has 0 bridgehead atoms. The second-order valence-electron chi connectivity index (χ2n) is 11.8. The number of carbonyl (C=O) groups excluding carboxylic acids is 3. The Balaban J connectivity index is 1.50. The summed E-state index contributed by atoms with van der Waals surface area (Å²) in [5.41, 5.74) is -0.309. The number of hydrogen-bond acceptors (Lipinski definition) is 4. The molecule has 0 unspecified atom stereocenters. The third-order valence-electron chi connectivity index (χ3n) is 6.56. The number of halogens is 3. The van der Waals surface area contributed by atoms with Crippen molar-refractivity contribution in [2.45, 2.75) is 52.9 Å². The zero-order valence-electron chi connectivity index (χ0n) is 23.6. The van der Waals surface area contributed by atoms with Gasteiger partial charge in [0.2, 0.25) is 0 Å². The van der Waals surface area contributed by atoms with Crippen LogP contribution in [-0.2, 0) is 6.54 Å². The van der Waals surface area contributed by atoms with E-state index < -0.39 is 17.6 Å². The molecule has 0 aromatic heterocycles. The topological polar surface area (TPSA) is 93.8 Å². The summed E-state index contributed by atoms with van der Waals surface area (Å²) in [5, 5.41) is 7.63. The standard InChI is InChI=1S/C29H38F3N5O3/c1-27(2,3)19-33-26(40)34-23-11-9-21(10-12-23)25(39)37-15-13-36(14-16-37)18-20-7-6-8-22(17-20)24(38)35-28(4,5)29(30,31)32/h6-12,17H,13-16,18-19H2,1-5H3,(H,35,38)(H2,33,34,40). The Hall–Kier alpha value is -3.60.